The zero-order valence-corrected chi connectivity index (χ0v) is 18.4. The number of rotatable bonds is 8. The Balaban J connectivity index is 1.17. The van der Waals surface area contributed by atoms with Crippen molar-refractivity contribution in [2.75, 3.05) is 19.7 Å². The average Bonchev–Trinajstić information content (AvgIpc) is 3.37. The second-order valence-corrected chi connectivity index (χ2v) is 9.44. The van der Waals surface area contributed by atoms with Gasteiger partial charge in [0.15, 0.2) is 6.61 Å². The van der Waals surface area contributed by atoms with Gasteiger partial charge < -0.3 is 14.6 Å². The number of carbonyl (C=O) groups excluding carboxylic acids is 1. The van der Waals surface area contributed by atoms with E-state index in [0.717, 1.165) is 68.7 Å². The predicted octanol–water partition coefficient (Wildman–Crippen LogP) is 3.82. The van der Waals surface area contributed by atoms with E-state index in [1.807, 2.05) is 0 Å². The SMILES string of the molecule is Cc1cc(C(=O)N[C@H]2CC[C@H](CCN3CCc4sc(OCC(F)F)nc4C3)CC2)on1. The van der Waals surface area contributed by atoms with Gasteiger partial charge >= 0.3 is 0 Å². The van der Waals surface area contributed by atoms with E-state index in [9.17, 15) is 13.6 Å². The minimum atomic E-state index is -2.48. The van der Waals surface area contributed by atoms with Crippen LogP contribution in [0.4, 0.5) is 8.78 Å². The number of alkyl halides is 2. The molecule has 0 aromatic carbocycles. The number of nitrogens with one attached hydrogen (secondary N) is 1. The molecule has 4 rings (SSSR count). The lowest BCUT2D eigenvalue weighted by atomic mass is 9.84. The summed E-state index contributed by atoms with van der Waals surface area (Å²) in [5.41, 5.74) is 1.67. The molecule has 170 valence electrons. The van der Waals surface area contributed by atoms with Gasteiger partial charge in [-0.1, -0.05) is 16.5 Å². The van der Waals surface area contributed by atoms with Gasteiger partial charge in [-0.3, -0.25) is 9.69 Å². The minimum Gasteiger partial charge on any atom is -0.464 e. The van der Waals surface area contributed by atoms with Gasteiger partial charge in [-0.05, 0) is 57.9 Å². The second-order valence-electron chi connectivity index (χ2n) is 8.39. The molecule has 0 saturated heterocycles. The van der Waals surface area contributed by atoms with Crippen molar-refractivity contribution in [2.45, 2.75) is 64.5 Å². The molecule has 1 N–H and O–H groups in total. The summed E-state index contributed by atoms with van der Waals surface area (Å²) in [4.78, 5) is 20.2. The fraction of sp³-hybridized carbons (Fsp3) is 0.667. The standard InChI is InChI=1S/C21H28F2N4O3S/c1-13-10-17(30-26-13)20(28)24-15-4-2-14(3-5-15)6-8-27-9-7-18-16(11-27)25-21(31-18)29-12-19(22)23/h10,14-15,19H,2-9,11-12H2,1H3,(H,24,28)/t14-,15-. The Labute approximate surface area is 184 Å². The maximum Gasteiger partial charge on any atom is 0.290 e. The van der Waals surface area contributed by atoms with Gasteiger partial charge in [0.25, 0.3) is 17.5 Å². The molecule has 1 aliphatic carbocycles. The van der Waals surface area contributed by atoms with Crippen LogP contribution >= 0.6 is 11.3 Å². The Morgan fingerprint density at radius 3 is 2.90 bits per heavy atom. The number of amides is 1. The van der Waals surface area contributed by atoms with Crippen molar-refractivity contribution >= 4 is 17.2 Å². The first-order valence-electron chi connectivity index (χ1n) is 10.8. The quantitative estimate of drug-likeness (QED) is 0.653. The summed E-state index contributed by atoms with van der Waals surface area (Å²) in [6, 6.07) is 1.84. The summed E-state index contributed by atoms with van der Waals surface area (Å²) in [6.07, 6.45) is 3.69. The molecule has 0 spiro atoms. The van der Waals surface area contributed by atoms with Crippen LogP contribution in [0.5, 0.6) is 5.19 Å². The number of halogens is 2. The van der Waals surface area contributed by atoms with Crippen LogP contribution in [0.25, 0.3) is 0 Å². The molecule has 2 aromatic heterocycles. The summed E-state index contributed by atoms with van der Waals surface area (Å²) in [7, 11) is 0. The average molecular weight is 455 g/mol. The molecule has 7 nitrogen and oxygen atoms in total. The van der Waals surface area contributed by atoms with Gasteiger partial charge in [-0.25, -0.2) is 13.8 Å². The van der Waals surface area contributed by atoms with E-state index in [-0.39, 0.29) is 17.7 Å². The smallest absolute Gasteiger partial charge is 0.290 e. The van der Waals surface area contributed by atoms with Crippen LogP contribution in [-0.2, 0) is 13.0 Å². The molecule has 1 fully saturated rings. The van der Waals surface area contributed by atoms with E-state index in [1.165, 1.54) is 11.3 Å². The zero-order valence-electron chi connectivity index (χ0n) is 17.6. The summed E-state index contributed by atoms with van der Waals surface area (Å²) < 4.78 is 34.8. The molecule has 1 amide bonds. The fourth-order valence-electron chi connectivity index (χ4n) is 4.30. The molecule has 3 heterocycles. The van der Waals surface area contributed by atoms with Crippen molar-refractivity contribution in [3.05, 3.63) is 28.1 Å². The first-order valence-corrected chi connectivity index (χ1v) is 11.6. The van der Waals surface area contributed by atoms with Crippen LogP contribution in [0.2, 0.25) is 0 Å². The van der Waals surface area contributed by atoms with E-state index >= 15 is 0 Å². The van der Waals surface area contributed by atoms with E-state index in [2.05, 4.69) is 20.4 Å². The van der Waals surface area contributed by atoms with Crippen LogP contribution in [0, 0.1) is 12.8 Å². The van der Waals surface area contributed by atoms with Crippen molar-refractivity contribution in [2.24, 2.45) is 5.92 Å². The lowest BCUT2D eigenvalue weighted by molar-refractivity contribution is 0.0815. The monoisotopic (exact) mass is 454 g/mol. The lowest BCUT2D eigenvalue weighted by Crippen LogP contribution is -2.38. The van der Waals surface area contributed by atoms with Crippen LogP contribution < -0.4 is 10.1 Å². The van der Waals surface area contributed by atoms with Gasteiger partial charge in [0.1, 0.15) is 0 Å². The van der Waals surface area contributed by atoms with Crippen molar-refractivity contribution in [1.82, 2.24) is 20.4 Å². The first-order chi connectivity index (χ1) is 15.0. The second kappa shape index (κ2) is 10.0. The van der Waals surface area contributed by atoms with Gasteiger partial charge in [-0.2, -0.15) is 0 Å². The predicted molar refractivity (Wildman–Crippen MR) is 112 cm³/mol. The topological polar surface area (TPSA) is 80.5 Å². The van der Waals surface area contributed by atoms with Crippen molar-refractivity contribution in [1.29, 1.82) is 0 Å². The number of ether oxygens (including phenoxy) is 1. The number of aryl methyl sites for hydroxylation is 1. The Morgan fingerprint density at radius 2 is 2.19 bits per heavy atom. The normalized spacial score (nSPS) is 21.8. The number of nitrogens with zero attached hydrogens (tertiary/aromatic N) is 3. The van der Waals surface area contributed by atoms with E-state index in [4.69, 9.17) is 9.26 Å². The Bertz CT molecular complexity index is 880. The first kappa shape index (κ1) is 22.1. The molecule has 2 aromatic rings. The third-order valence-corrected chi connectivity index (χ3v) is 7.08. The molecule has 0 atom stereocenters. The lowest BCUT2D eigenvalue weighted by Gasteiger charge is -2.31. The maximum atomic E-state index is 12.3. The molecule has 1 saturated carbocycles. The molecule has 31 heavy (non-hydrogen) atoms. The summed E-state index contributed by atoms with van der Waals surface area (Å²) in [5.74, 6) is 0.740. The van der Waals surface area contributed by atoms with Gasteiger partial charge in [-0.15, -0.1) is 0 Å². The van der Waals surface area contributed by atoms with Gasteiger partial charge in [0.2, 0.25) is 5.76 Å². The summed E-state index contributed by atoms with van der Waals surface area (Å²) in [6.45, 7) is 3.92. The number of fused-ring (bicyclic) bond motifs is 1. The largest absolute Gasteiger partial charge is 0.464 e. The van der Waals surface area contributed by atoms with E-state index in [0.29, 0.717) is 16.8 Å². The zero-order chi connectivity index (χ0) is 21.8. The number of carbonyl (C=O) groups is 1. The Hall–Kier alpha value is -2.07. The highest BCUT2D eigenvalue weighted by Crippen LogP contribution is 2.31. The molecular formula is C21H28F2N4O3S. The van der Waals surface area contributed by atoms with Crippen molar-refractivity contribution in [3.63, 3.8) is 0 Å². The maximum absolute atomic E-state index is 12.3. The molecular weight excluding hydrogens is 426 g/mol. The summed E-state index contributed by atoms with van der Waals surface area (Å²) in [5, 5.41) is 7.17. The van der Waals surface area contributed by atoms with E-state index in [1.54, 1.807) is 13.0 Å². The van der Waals surface area contributed by atoms with Crippen LogP contribution in [0.15, 0.2) is 10.6 Å². The number of hydrogen-bond acceptors (Lipinski definition) is 7. The number of thiazole rings is 1. The van der Waals surface area contributed by atoms with Gasteiger partial charge in [0, 0.05) is 30.1 Å². The molecule has 0 bridgehead atoms. The number of hydrogen-bond donors (Lipinski definition) is 1. The summed E-state index contributed by atoms with van der Waals surface area (Å²) >= 11 is 1.39. The molecule has 0 unspecified atom stereocenters. The Kier molecular flexibility index (Phi) is 7.16. The highest BCUT2D eigenvalue weighted by Gasteiger charge is 2.26. The molecule has 2 aliphatic rings. The minimum absolute atomic E-state index is 0.187. The highest BCUT2D eigenvalue weighted by atomic mass is 32.1. The van der Waals surface area contributed by atoms with Crippen molar-refractivity contribution in [3.8, 4) is 5.19 Å². The molecule has 0 radical (unpaired) electrons. The van der Waals surface area contributed by atoms with E-state index < -0.39 is 13.0 Å². The van der Waals surface area contributed by atoms with Crippen LogP contribution in [0.1, 0.15) is 58.9 Å². The third-order valence-electron chi connectivity index (χ3n) is 6.01. The Morgan fingerprint density at radius 1 is 1.39 bits per heavy atom. The van der Waals surface area contributed by atoms with Crippen LogP contribution in [-0.4, -0.2) is 53.1 Å². The number of aromatic nitrogens is 2. The molecule has 10 heteroatoms. The molecule has 1 aliphatic heterocycles. The fourth-order valence-corrected chi connectivity index (χ4v) is 5.22. The van der Waals surface area contributed by atoms with Crippen LogP contribution in [0.3, 0.4) is 0 Å². The van der Waals surface area contributed by atoms with Gasteiger partial charge in [0.05, 0.1) is 11.4 Å². The van der Waals surface area contributed by atoms with Crippen molar-refractivity contribution < 1.29 is 22.8 Å². The third kappa shape index (κ3) is 6.00. The highest BCUT2D eigenvalue weighted by molar-refractivity contribution is 7.13.